The molecule has 1 aromatic heterocycles. The van der Waals surface area contributed by atoms with Crippen molar-refractivity contribution in [1.29, 1.82) is 0 Å². The van der Waals surface area contributed by atoms with Gasteiger partial charge in [0.05, 0.1) is 24.8 Å². The smallest absolute Gasteiger partial charge is 0.263 e. The maximum Gasteiger partial charge on any atom is 0.263 e. The first kappa shape index (κ1) is 14.7. The van der Waals surface area contributed by atoms with Crippen molar-refractivity contribution in [1.82, 2.24) is 9.88 Å². The molecule has 1 aliphatic heterocycles. The standard InChI is InChI=1S/C16H18N2O4/c1-18-13-6-4-3-5-10(13)7-11(16(18)20)15(19)17-12-8-22-9-14(12)21-2/h3-7,12,14H,8-9H2,1-2H3,(H,17,19)/t12-,14-/m0/s1. The Bertz CT molecular complexity index is 768. The van der Waals surface area contributed by atoms with E-state index in [1.165, 1.54) is 4.57 Å². The van der Waals surface area contributed by atoms with E-state index in [-0.39, 0.29) is 23.3 Å². The van der Waals surface area contributed by atoms with Gasteiger partial charge in [-0.1, -0.05) is 18.2 Å². The number of amides is 1. The average molecular weight is 302 g/mol. The molecule has 1 saturated heterocycles. The van der Waals surface area contributed by atoms with Crippen molar-refractivity contribution in [2.75, 3.05) is 20.3 Å². The minimum absolute atomic E-state index is 0.128. The average Bonchev–Trinajstić information content (AvgIpc) is 2.98. The molecule has 6 nitrogen and oxygen atoms in total. The van der Waals surface area contributed by atoms with Crippen LogP contribution in [-0.4, -0.2) is 42.9 Å². The van der Waals surface area contributed by atoms with Crippen molar-refractivity contribution in [3.05, 3.63) is 46.2 Å². The lowest BCUT2D eigenvalue weighted by Crippen LogP contribution is -2.45. The molecule has 0 bridgehead atoms. The molecule has 0 spiro atoms. The van der Waals surface area contributed by atoms with Gasteiger partial charge in [0, 0.05) is 14.2 Å². The van der Waals surface area contributed by atoms with E-state index in [4.69, 9.17) is 9.47 Å². The molecule has 1 amide bonds. The van der Waals surface area contributed by atoms with Crippen molar-refractivity contribution in [2.45, 2.75) is 12.1 Å². The summed E-state index contributed by atoms with van der Waals surface area (Å²) in [5.41, 5.74) is 0.607. The van der Waals surface area contributed by atoms with Crippen LogP contribution in [0.4, 0.5) is 0 Å². The lowest BCUT2D eigenvalue weighted by atomic mass is 10.1. The number of benzene rings is 1. The molecule has 0 radical (unpaired) electrons. The number of rotatable bonds is 3. The fourth-order valence-corrected chi connectivity index (χ4v) is 2.73. The van der Waals surface area contributed by atoms with E-state index in [1.807, 2.05) is 24.3 Å². The highest BCUT2D eigenvalue weighted by molar-refractivity contribution is 5.97. The first-order chi connectivity index (χ1) is 10.6. The molecular weight excluding hydrogens is 284 g/mol. The second kappa shape index (κ2) is 5.90. The number of nitrogens with one attached hydrogen (secondary N) is 1. The monoisotopic (exact) mass is 302 g/mol. The largest absolute Gasteiger partial charge is 0.377 e. The second-order valence-electron chi connectivity index (χ2n) is 5.37. The minimum Gasteiger partial charge on any atom is -0.377 e. The number of fused-ring (bicyclic) bond motifs is 1. The molecule has 116 valence electrons. The topological polar surface area (TPSA) is 69.6 Å². The van der Waals surface area contributed by atoms with Crippen molar-refractivity contribution >= 4 is 16.8 Å². The number of aromatic nitrogens is 1. The third-order valence-electron chi connectivity index (χ3n) is 4.03. The highest BCUT2D eigenvalue weighted by Crippen LogP contribution is 2.13. The maximum atomic E-state index is 12.4. The number of carbonyl (C=O) groups is 1. The number of carbonyl (C=O) groups excluding carboxylic acids is 1. The summed E-state index contributed by atoms with van der Waals surface area (Å²) in [5.74, 6) is -0.399. The van der Waals surface area contributed by atoms with Crippen LogP contribution in [0, 0.1) is 0 Å². The summed E-state index contributed by atoms with van der Waals surface area (Å²) >= 11 is 0. The van der Waals surface area contributed by atoms with Gasteiger partial charge in [0.25, 0.3) is 11.5 Å². The summed E-state index contributed by atoms with van der Waals surface area (Å²) in [6.45, 7) is 0.829. The number of ether oxygens (including phenoxy) is 2. The van der Waals surface area contributed by atoms with E-state index in [0.29, 0.717) is 13.2 Å². The summed E-state index contributed by atoms with van der Waals surface area (Å²) in [5, 5.41) is 3.67. The third-order valence-corrected chi connectivity index (χ3v) is 4.03. The Morgan fingerprint density at radius 2 is 2.14 bits per heavy atom. The predicted molar refractivity (Wildman–Crippen MR) is 82.1 cm³/mol. The predicted octanol–water partition coefficient (Wildman–Crippen LogP) is 0.682. The first-order valence-electron chi connectivity index (χ1n) is 7.12. The van der Waals surface area contributed by atoms with Crippen molar-refractivity contribution in [2.24, 2.45) is 7.05 Å². The van der Waals surface area contributed by atoms with Gasteiger partial charge in [0.2, 0.25) is 0 Å². The number of hydrogen-bond donors (Lipinski definition) is 1. The number of nitrogens with zero attached hydrogens (tertiary/aromatic N) is 1. The first-order valence-corrected chi connectivity index (χ1v) is 7.12. The van der Waals surface area contributed by atoms with Gasteiger partial charge in [-0.2, -0.15) is 0 Å². The Morgan fingerprint density at radius 1 is 1.36 bits per heavy atom. The quantitative estimate of drug-likeness (QED) is 0.905. The Labute approximate surface area is 127 Å². The van der Waals surface area contributed by atoms with Gasteiger partial charge in [-0.05, 0) is 17.5 Å². The molecule has 6 heteroatoms. The molecule has 3 rings (SSSR count). The highest BCUT2D eigenvalue weighted by atomic mass is 16.5. The van der Waals surface area contributed by atoms with Crippen LogP contribution in [0.25, 0.3) is 10.9 Å². The second-order valence-corrected chi connectivity index (χ2v) is 5.37. The number of para-hydroxylation sites is 1. The Hall–Kier alpha value is -2.18. The summed E-state index contributed by atoms with van der Waals surface area (Å²) < 4.78 is 12.0. The molecule has 1 aromatic carbocycles. The summed E-state index contributed by atoms with van der Waals surface area (Å²) in [6, 6.07) is 8.85. The van der Waals surface area contributed by atoms with Gasteiger partial charge < -0.3 is 19.4 Å². The van der Waals surface area contributed by atoms with Gasteiger partial charge >= 0.3 is 0 Å². The van der Waals surface area contributed by atoms with E-state index >= 15 is 0 Å². The Morgan fingerprint density at radius 3 is 2.91 bits per heavy atom. The zero-order chi connectivity index (χ0) is 15.7. The molecule has 1 N–H and O–H groups in total. The molecule has 0 aliphatic carbocycles. The van der Waals surface area contributed by atoms with E-state index in [2.05, 4.69) is 5.32 Å². The fourth-order valence-electron chi connectivity index (χ4n) is 2.73. The zero-order valence-corrected chi connectivity index (χ0v) is 12.5. The van der Waals surface area contributed by atoms with Gasteiger partial charge in [-0.15, -0.1) is 0 Å². The normalized spacial score (nSPS) is 21.2. The highest BCUT2D eigenvalue weighted by Gasteiger charge is 2.30. The molecule has 22 heavy (non-hydrogen) atoms. The zero-order valence-electron chi connectivity index (χ0n) is 12.5. The van der Waals surface area contributed by atoms with Gasteiger partial charge in [-0.25, -0.2) is 0 Å². The molecule has 2 aromatic rings. The Kier molecular flexibility index (Phi) is 3.96. The maximum absolute atomic E-state index is 12.4. The van der Waals surface area contributed by atoms with Crippen LogP contribution < -0.4 is 10.9 Å². The molecule has 2 heterocycles. The fraction of sp³-hybridized carbons (Fsp3) is 0.375. The van der Waals surface area contributed by atoms with Crippen LogP contribution in [0.15, 0.2) is 35.1 Å². The lowest BCUT2D eigenvalue weighted by molar-refractivity contribution is 0.0685. The van der Waals surface area contributed by atoms with E-state index in [1.54, 1.807) is 20.2 Å². The number of hydrogen-bond acceptors (Lipinski definition) is 4. The van der Waals surface area contributed by atoms with Crippen LogP contribution in [-0.2, 0) is 16.5 Å². The van der Waals surface area contributed by atoms with Crippen LogP contribution in [0.2, 0.25) is 0 Å². The lowest BCUT2D eigenvalue weighted by Gasteiger charge is -2.17. The summed E-state index contributed by atoms with van der Waals surface area (Å²) in [7, 11) is 3.24. The molecule has 0 saturated carbocycles. The molecule has 0 unspecified atom stereocenters. The van der Waals surface area contributed by atoms with E-state index in [0.717, 1.165) is 10.9 Å². The van der Waals surface area contributed by atoms with E-state index < -0.39 is 5.91 Å². The van der Waals surface area contributed by atoms with Crippen LogP contribution in [0.3, 0.4) is 0 Å². The van der Waals surface area contributed by atoms with Gasteiger partial charge in [-0.3, -0.25) is 9.59 Å². The summed E-state index contributed by atoms with van der Waals surface area (Å²) in [6.07, 6.45) is -0.187. The Balaban J connectivity index is 1.94. The molecule has 2 atom stereocenters. The SMILES string of the molecule is CO[C@H]1COC[C@@H]1NC(=O)c1cc2ccccc2n(C)c1=O. The number of aryl methyl sites for hydroxylation is 1. The minimum atomic E-state index is -0.399. The van der Waals surface area contributed by atoms with Crippen LogP contribution in [0.5, 0.6) is 0 Å². The summed E-state index contributed by atoms with van der Waals surface area (Å²) in [4.78, 5) is 24.8. The van der Waals surface area contributed by atoms with Gasteiger partial charge in [0.1, 0.15) is 11.7 Å². The van der Waals surface area contributed by atoms with Crippen molar-refractivity contribution < 1.29 is 14.3 Å². The van der Waals surface area contributed by atoms with E-state index in [9.17, 15) is 9.59 Å². The molecule has 1 fully saturated rings. The van der Waals surface area contributed by atoms with Crippen LogP contribution in [0.1, 0.15) is 10.4 Å². The van der Waals surface area contributed by atoms with Crippen molar-refractivity contribution in [3.63, 3.8) is 0 Å². The van der Waals surface area contributed by atoms with Crippen molar-refractivity contribution in [3.8, 4) is 0 Å². The molecular formula is C16H18N2O4. The number of pyridine rings is 1. The van der Waals surface area contributed by atoms with Crippen LogP contribution >= 0.6 is 0 Å². The molecule has 1 aliphatic rings. The van der Waals surface area contributed by atoms with Gasteiger partial charge in [0.15, 0.2) is 0 Å². The number of methoxy groups -OCH3 is 1. The third kappa shape index (κ3) is 2.51.